The van der Waals surface area contributed by atoms with Gasteiger partial charge in [0.05, 0.1) is 17.1 Å². The van der Waals surface area contributed by atoms with E-state index < -0.39 is 22.3 Å². The van der Waals surface area contributed by atoms with Gasteiger partial charge in [0.25, 0.3) is 11.6 Å². The Hall–Kier alpha value is -2.06. The average Bonchev–Trinajstić information content (AvgIpc) is 2.52. The summed E-state index contributed by atoms with van der Waals surface area (Å²) in [6.45, 7) is 0.673. The van der Waals surface area contributed by atoms with E-state index in [1.165, 1.54) is 4.90 Å². The predicted octanol–water partition coefficient (Wildman–Crippen LogP) is 1.31. The molecule has 22 heavy (non-hydrogen) atoms. The maximum Gasteiger partial charge on any atom is 0.273 e. The number of amides is 1. The second kappa shape index (κ2) is 6.80. The Bertz CT molecular complexity index is 581. The SMILES string of the molecule is COC1CCN(C(=O)c2cc(F)cc([N+](=O)[O-])c2)C(CN)C1. The van der Waals surface area contributed by atoms with Gasteiger partial charge >= 0.3 is 0 Å². The van der Waals surface area contributed by atoms with Crippen LogP contribution in [0.2, 0.25) is 0 Å². The molecule has 2 unspecified atom stereocenters. The molecule has 1 saturated heterocycles. The number of non-ortho nitro benzene ring substituents is 1. The Morgan fingerprint density at radius 1 is 1.55 bits per heavy atom. The summed E-state index contributed by atoms with van der Waals surface area (Å²) in [5.41, 5.74) is 5.22. The first kappa shape index (κ1) is 16.3. The third kappa shape index (κ3) is 3.40. The van der Waals surface area contributed by atoms with Crippen molar-refractivity contribution in [2.24, 2.45) is 5.73 Å². The molecule has 7 nitrogen and oxygen atoms in total. The van der Waals surface area contributed by atoms with Crippen LogP contribution in [0.3, 0.4) is 0 Å². The summed E-state index contributed by atoms with van der Waals surface area (Å²) in [6.07, 6.45) is 1.27. The van der Waals surface area contributed by atoms with Crippen molar-refractivity contribution < 1.29 is 18.8 Å². The molecular weight excluding hydrogens is 293 g/mol. The van der Waals surface area contributed by atoms with E-state index in [1.807, 2.05) is 0 Å². The lowest BCUT2D eigenvalue weighted by Gasteiger charge is -2.38. The Labute approximate surface area is 127 Å². The molecule has 1 fully saturated rings. The van der Waals surface area contributed by atoms with Crippen LogP contribution in [-0.4, -0.2) is 48.1 Å². The van der Waals surface area contributed by atoms with E-state index in [0.717, 1.165) is 18.2 Å². The number of hydrogen-bond acceptors (Lipinski definition) is 5. The van der Waals surface area contributed by atoms with Crippen LogP contribution in [0.25, 0.3) is 0 Å². The molecule has 2 N–H and O–H groups in total. The summed E-state index contributed by atoms with van der Waals surface area (Å²) >= 11 is 0. The average molecular weight is 311 g/mol. The number of nitrogens with two attached hydrogens (primary N) is 1. The van der Waals surface area contributed by atoms with Crippen LogP contribution in [0.15, 0.2) is 18.2 Å². The number of methoxy groups -OCH3 is 1. The predicted molar refractivity (Wildman–Crippen MR) is 77.0 cm³/mol. The first-order valence-corrected chi connectivity index (χ1v) is 6.95. The molecular formula is C14H18FN3O4. The molecule has 1 aromatic rings. The lowest BCUT2D eigenvalue weighted by Crippen LogP contribution is -2.51. The molecule has 0 aliphatic carbocycles. The van der Waals surface area contributed by atoms with E-state index in [0.29, 0.717) is 19.4 Å². The minimum atomic E-state index is -0.811. The minimum absolute atomic E-state index is 0.0273. The number of halogens is 1. The third-order valence-electron chi connectivity index (χ3n) is 3.87. The highest BCUT2D eigenvalue weighted by Crippen LogP contribution is 2.23. The second-order valence-electron chi connectivity index (χ2n) is 5.23. The molecule has 120 valence electrons. The van der Waals surface area contributed by atoms with Crippen LogP contribution in [0, 0.1) is 15.9 Å². The molecule has 1 amide bonds. The fourth-order valence-corrected chi connectivity index (χ4v) is 2.69. The zero-order chi connectivity index (χ0) is 16.3. The van der Waals surface area contributed by atoms with Gasteiger partial charge in [-0.15, -0.1) is 0 Å². The van der Waals surface area contributed by atoms with Gasteiger partial charge in [0, 0.05) is 37.9 Å². The highest BCUT2D eigenvalue weighted by Gasteiger charge is 2.32. The van der Waals surface area contributed by atoms with Gasteiger partial charge in [-0.25, -0.2) is 4.39 Å². The monoisotopic (exact) mass is 311 g/mol. The molecule has 8 heteroatoms. The Morgan fingerprint density at radius 3 is 2.86 bits per heavy atom. The molecule has 1 heterocycles. The van der Waals surface area contributed by atoms with Crippen molar-refractivity contribution in [2.75, 3.05) is 20.2 Å². The molecule has 0 saturated carbocycles. The molecule has 0 bridgehead atoms. The molecule has 2 atom stereocenters. The highest BCUT2D eigenvalue weighted by molar-refractivity contribution is 5.95. The van der Waals surface area contributed by atoms with Gasteiger partial charge in [0.1, 0.15) is 5.82 Å². The van der Waals surface area contributed by atoms with E-state index in [-0.39, 0.29) is 24.3 Å². The van der Waals surface area contributed by atoms with Crippen LogP contribution in [0.5, 0.6) is 0 Å². The molecule has 0 radical (unpaired) electrons. The van der Waals surface area contributed by atoms with E-state index in [4.69, 9.17) is 10.5 Å². The number of nitrogens with zero attached hydrogens (tertiary/aromatic N) is 2. The van der Waals surface area contributed by atoms with Gasteiger partial charge < -0.3 is 15.4 Å². The second-order valence-corrected chi connectivity index (χ2v) is 5.23. The van der Waals surface area contributed by atoms with E-state index in [1.54, 1.807) is 7.11 Å². The standard InChI is InChI=1S/C14H18FN3O4/c1-22-13-2-3-17(12(7-13)8-16)14(19)9-4-10(15)6-11(5-9)18(20)21/h4-6,12-13H,2-3,7-8,16H2,1H3. The number of nitro groups is 1. The molecule has 0 aromatic heterocycles. The molecule has 1 aromatic carbocycles. The van der Waals surface area contributed by atoms with Crippen LogP contribution in [-0.2, 0) is 4.74 Å². The van der Waals surface area contributed by atoms with E-state index >= 15 is 0 Å². The molecule has 1 aliphatic rings. The van der Waals surface area contributed by atoms with Crippen molar-refractivity contribution in [1.29, 1.82) is 0 Å². The summed E-state index contributed by atoms with van der Waals surface area (Å²) < 4.78 is 18.8. The number of nitro benzene ring substituents is 1. The number of hydrogen-bond donors (Lipinski definition) is 1. The molecule has 0 spiro atoms. The number of piperidine rings is 1. The van der Waals surface area contributed by atoms with Crippen molar-refractivity contribution in [3.8, 4) is 0 Å². The lowest BCUT2D eigenvalue weighted by molar-refractivity contribution is -0.385. The van der Waals surface area contributed by atoms with Crippen molar-refractivity contribution in [3.63, 3.8) is 0 Å². The first-order valence-electron chi connectivity index (χ1n) is 6.95. The van der Waals surface area contributed by atoms with Gasteiger partial charge in [0.2, 0.25) is 0 Å². The number of carbonyl (C=O) groups excluding carboxylic acids is 1. The third-order valence-corrected chi connectivity index (χ3v) is 3.87. The van der Waals surface area contributed by atoms with Crippen LogP contribution in [0.4, 0.5) is 10.1 Å². The van der Waals surface area contributed by atoms with Gasteiger partial charge in [-0.2, -0.15) is 0 Å². The smallest absolute Gasteiger partial charge is 0.273 e. The van der Waals surface area contributed by atoms with Crippen molar-refractivity contribution >= 4 is 11.6 Å². The summed E-state index contributed by atoms with van der Waals surface area (Å²) in [6, 6.07) is 2.65. The largest absolute Gasteiger partial charge is 0.381 e. The fourth-order valence-electron chi connectivity index (χ4n) is 2.69. The highest BCUT2D eigenvalue weighted by atomic mass is 19.1. The number of carbonyl (C=O) groups is 1. The van der Waals surface area contributed by atoms with Gasteiger partial charge in [-0.1, -0.05) is 0 Å². The maximum absolute atomic E-state index is 13.5. The Kier molecular flexibility index (Phi) is 5.04. The van der Waals surface area contributed by atoms with Gasteiger partial charge in [0.15, 0.2) is 0 Å². The summed E-state index contributed by atoms with van der Waals surface area (Å²) in [4.78, 5) is 24.1. The van der Waals surface area contributed by atoms with Gasteiger partial charge in [-0.05, 0) is 18.9 Å². The number of benzene rings is 1. The van der Waals surface area contributed by atoms with Crippen LogP contribution >= 0.6 is 0 Å². The molecule has 1 aliphatic heterocycles. The Balaban J connectivity index is 2.25. The zero-order valence-electron chi connectivity index (χ0n) is 12.2. The number of rotatable bonds is 4. The topological polar surface area (TPSA) is 98.7 Å². The lowest BCUT2D eigenvalue weighted by atomic mass is 9.98. The minimum Gasteiger partial charge on any atom is -0.381 e. The summed E-state index contributed by atoms with van der Waals surface area (Å²) in [5.74, 6) is -1.26. The first-order chi connectivity index (χ1) is 10.5. The summed E-state index contributed by atoms with van der Waals surface area (Å²) in [5, 5.41) is 10.8. The fraction of sp³-hybridized carbons (Fsp3) is 0.500. The van der Waals surface area contributed by atoms with E-state index in [9.17, 15) is 19.3 Å². The van der Waals surface area contributed by atoms with E-state index in [2.05, 4.69) is 0 Å². The van der Waals surface area contributed by atoms with Crippen molar-refractivity contribution in [2.45, 2.75) is 25.0 Å². The van der Waals surface area contributed by atoms with Crippen LogP contribution < -0.4 is 5.73 Å². The number of likely N-dealkylation sites (tertiary alicyclic amines) is 1. The van der Waals surface area contributed by atoms with Crippen LogP contribution in [0.1, 0.15) is 23.2 Å². The normalized spacial score (nSPS) is 21.7. The number of ether oxygens (including phenoxy) is 1. The Morgan fingerprint density at radius 2 is 2.27 bits per heavy atom. The molecule has 2 rings (SSSR count). The maximum atomic E-state index is 13.5. The quantitative estimate of drug-likeness (QED) is 0.667. The van der Waals surface area contributed by atoms with Gasteiger partial charge in [-0.3, -0.25) is 14.9 Å². The summed E-state index contributed by atoms with van der Waals surface area (Å²) in [7, 11) is 1.60. The van der Waals surface area contributed by atoms with Crippen molar-refractivity contribution in [1.82, 2.24) is 4.90 Å². The van der Waals surface area contributed by atoms with Crippen molar-refractivity contribution in [3.05, 3.63) is 39.7 Å². The zero-order valence-corrected chi connectivity index (χ0v) is 12.2.